The first-order valence-electron chi connectivity index (χ1n) is 11.3. The highest BCUT2D eigenvalue weighted by Crippen LogP contribution is 2.24. The van der Waals surface area contributed by atoms with Crippen LogP contribution < -0.4 is 4.90 Å². The molecule has 1 aromatic heterocycles. The van der Waals surface area contributed by atoms with Crippen molar-refractivity contribution >= 4 is 17.4 Å². The van der Waals surface area contributed by atoms with Gasteiger partial charge in [0.1, 0.15) is 5.82 Å². The van der Waals surface area contributed by atoms with E-state index in [1.165, 1.54) is 12.1 Å². The largest absolute Gasteiger partial charge is 0.368 e. The maximum atomic E-state index is 13.5. The summed E-state index contributed by atoms with van der Waals surface area (Å²) >= 11 is 0. The molecule has 0 atom stereocenters. The lowest BCUT2D eigenvalue weighted by Crippen LogP contribution is -2.48. The molecule has 1 aliphatic rings. The van der Waals surface area contributed by atoms with Crippen LogP contribution in [0.4, 0.5) is 10.1 Å². The molecule has 0 unspecified atom stereocenters. The summed E-state index contributed by atoms with van der Waals surface area (Å²) in [7, 11) is 0. The van der Waals surface area contributed by atoms with E-state index in [1.807, 2.05) is 29.2 Å². The molecular weight excluding hydrogens is 447 g/mol. The molecule has 1 saturated heterocycles. The summed E-state index contributed by atoms with van der Waals surface area (Å²) in [5, 5.41) is 3.93. The number of benzene rings is 3. The number of aromatic nitrogens is 2. The minimum atomic E-state index is -0.372. The third kappa shape index (κ3) is 4.82. The van der Waals surface area contributed by atoms with Crippen LogP contribution in [0.25, 0.3) is 22.8 Å². The number of carbonyl (C=O) groups excluding carboxylic acids is 2. The molecule has 4 aromatic rings. The van der Waals surface area contributed by atoms with Crippen molar-refractivity contribution in [1.29, 1.82) is 0 Å². The van der Waals surface area contributed by atoms with Crippen LogP contribution in [-0.4, -0.2) is 52.9 Å². The number of hydrogen-bond donors (Lipinski definition) is 0. The fraction of sp³-hybridized carbons (Fsp3) is 0.185. The smallest absolute Gasteiger partial charge is 0.258 e. The Morgan fingerprint density at radius 1 is 0.857 bits per heavy atom. The van der Waals surface area contributed by atoms with E-state index in [4.69, 9.17) is 4.52 Å². The van der Waals surface area contributed by atoms with E-state index in [9.17, 15) is 14.0 Å². The van der Waals surface area contributed by atoms with Gasteiger partial charge in [0.05, 0.1) is 0 Å². The van der Waals surface area contributed by atoms with Gasteiger partial charge in [-0.1, -0.05) is 17.3 Å². The van der Waals surface area contributed by atoms with Gasteiger partial charge in [-0.2, -0.15) is 4.98 Å². The predicted octanol–water partition coefficient (Wildman–Crippen LogP) is 4.71. The fourth-order valence-electron chi connectivity index (χ4n) is 4.10. The van der Waals surface area contributed by atoms with Gasteiger partial charge in [0.15, 0.2) is 5.78 Å². The average Bonchev–Trinajstić information content (AvgIpc) is 3.39. The molecular formula is C27H23FN4O3. The lowest BCUT2D eigenvalue weighted by Gasteiger charge is -2.36. The van der Waals surface area contributed by atoms with Gasteiger partial charge in [0.2, 0.25) is 5.82 Å². The molecule has 176 valence electrons. The standard InChI is InChI=1S/C27H23FN4O3/c1-18(33)19-9-11-24(12-10-19)31-13-15-32(16-14-31)27(34)21-7-5-20(6-8-21)26-29-25(30-35-26)22-3-2-4-23(28)17-22/h2-12,17H,13-16H2,1H3. The number of halogens is 1. The van der Waals surface area contributed by atoms with Gasteiger partial charge in [0, 0.05) is 54.1 Å². The van der Waals surface area contributed by atoms with Gasteiger partial charge in [0.25, 0.3) is 11.8 Å². The summed E-state index contributed by atoms with van der Waals surface area (Å²) in [4.78, 5) is 32.9. The molecule has 0 radical (unpaired) electrons. The second-order valence-electron chi connectivity index (χ2n) is 8.39. The number of ketones is 1. The van der Waals surface area contributed by atoms with Crippen LogP contribution in [0.3, 0.4) is 0 Å². The zero-order valence-corrected chi connectivity index (χ0v) is 19.1. The number of Topliss-reactive ketones (excluding diaryl/α,β-unsaturated/α-hetero) is 1. The van der Waals surface area contributed by atoms with Crippen LogP contribution in [-0.2, 0) is 0 Å². The number of hydrogen-bond acceptors (Lipinski definition) is 6. The molecule has 5 rings (SSSR count). The zero-order chi connectivity index (χ0) is 24.4. The summed E-state index contributed by atoms with van der Waals surface area (Å²) in [5.41, 5.74) is 3.52. The van der Waals surface area contributed by atoms with Crippen molar-refractivity contribution < 1.29 is 18.5 Å². The summed E-state index contributed by atoms with van der Waals surface area (Å²) in [5.74, 6) is 0.239. The number of rotatable bonds is 5. The van der Waals surface area contributed by atoms with Crippen LogP contribution >= 0.6 is 0 Å². The van der Waals surface area contributed by atoms with Crippen molar-refractivity contribution in [1.82, 2.24) is 15.0 Å². The van der Waals surface area contributed by atoms with Crippen molar-refractivity contribution in [2.24, 2.45) is 0 Å². The molecule has 1 fully saturated rings. The maximum Gasteiger partial charge on any atom is 0.258 e. The summed E-state index contributed by atoms with van der Waals surface area (Å²) in [6.07, 6.45) is 0. The van der Waals surface area contributed by atoms with Crippen LogP contribution in [0.15, 0.2) is 77.3 Å². The molecule has 1 aliphatic heterocycles. The Morgan fingerprint density at radius 3 is 2.20 bits per heavy atom. The molecule has 0 saturated carbocycles. The zero-order valence-electron chi connectivity index (χ0n) is 19.1. The van der Waals surface area contributed by atoms with Crippen LogP contribution in [0.5, 0.6) is 0 Å². The highest BCUT2D eigenvalue weighted by atomic mass is 19.1. The van der Waals surface area contributed by atoms with Gasteiger partial charge >= 0.3 is 0 Å². The van der Waals surface area contributed by atoms with Crippen molar-refractivity contribution in [2.75, 3.05) is 31.1 Å². The third-order valence-corrected chi connectivity index (χ3v) is 6.09. The lowest BCUT2D eigenvalue weighted by atomic mass is 10.1. The van der Waals surface area contributed by atoms with Crippen LogP contribution in [0.1, 0.15) is 27.6 Å². The Hall–Kier alpha value is -4.33. The lowest BCUT2D eigenvalue weighted by molar-refractivity contribution is 0.0746. The fourth-order valence-corrected chi connectivity index (χ4v) is 4.10. The number of carbonyl (C=O) groups is 2. The second-order valence-corrected chi connectivity index (χ2v) is 8.39. The average molecular weight is 471 g/mol. The van der Waals surface area contributed by atoms with E-state index >= 15 is 0 Å². The van der Waals surface area contributed by atoms with Crippen LogP contribution in [0.2, 0.25) is 0 Å². The molecule has 1 amide bonds. The number of nitrogens with zero attached hydrogens (tertiary/aromatic N) is 4. The first-order chi connectivity index (χ1) is 17.0. The van der Waals surface area contributed by atoms with Gasteiger partial charge in [-0.25, -0.2) is 4.39 Å². The first-order valence-corrected chi connectivity index (χ1v) is 11.3. The molecule has 35 heavy (non-hydrogen) atoms. The number of anilines is 1. The van der Waals surface area contributed by atoms with Gasteiger partial charge in [-0.15, -0.1) is 0 Å². The minimum Gasteiger partial charge on any atom is -0.368 e. The second kappa shape index (κ2) is 9.50. The Morgan fingerprint density at radius 2 is 1.54 bits per heavy atom. The number of piperazine rings is 1. The van der Waals surface area contributed by atoms with E-state index in [-0.39, 0.29) is 17.5 Å². The van der Waals surface area contributed by atoms with Crippen molar-refractivity contribution in [3.63, 3.8) is 0 Å². The normalized spacial score (nSPS) is 13.7. The Balaban J connectivity index is 1.22. The number of amides is 1. The van der Waals surface area contributed by atoms with Crippen molar-refractivity contribution in [3.8, 4) is 22.8 Å². The van der Waals surface area contributed by atoms with Gasteiger partial charge in [-0.05, 0) is 67.6 Å². The monoisotopic (exact) mass is 470 g/mol. The summed E-state index contributed by atoms with van der Waals surface area (Å²) < 4.78 is 18.8. The molecule has 3 aromatic carbocycles. The molecule has 0 spiro atoms. The van der Waals surface area contributed by atoms with E-state index in [1.54, 1.807) is 43.3 Å². The topological polar surface area (TPSA) is 79.5 Å². The first kappa shape index (κ1) is 22.5. The molecule has 0 aliphatic carbocycles. The van der Waals surface area contributed by atoms with E-state index < -0.39 is 0 Å². The highest BCUT2D eigenvalue weighted by molar-refractivity contribution is 5.95. The molecule has 7 nitrogen and oxygen atoms in total. The SMILES string of the molecule is CC(=O)c1ccc(N2CCN(C(=O)c3ccc(-c4nc(-c5cccc(F)c5)no4)cc3)CC2)cc1. The summed E-state index contributed by atoms with van der Waals surface area (Å²) in [6, 6.07) is 20.6. The molecule has 8 heteroatoms. The predicted molar refractivity (Wildman–Crippen MR) is 130 cm³/mol. The molecule has 0 bridgehead atoms. The Kier molecular flexibility index (Phi) is 6.10. The Bertz CT molecular complexity index is 1360. The van der Waals surface area contributed by atoms with E-state index in [0.717, 1.165) is 5.69 Å². The highest BCUT2D eigenvalue weighted by Gasteiger charge is 2.23. The molecule has 2 heterocycles. The van der Waals surface area contributed by atoms with Gasteiger partial charge < -0.3 is 14.3 Å². The summed E-state index contributed by atoms with van der Waals surface area (Å²) in [6.45, 7) is 4.20. The van der Waals surface area contributed by atoms with E-state index in [0.29, 0.717) is 60.1 Å². The Labute approximate surface area is 201 Å². The van der Waals surface area contributed by atoms with E-state index in [2.05, 4.69) is 15.0 Å². The van der Waals surface area contributed by atoms with Crippen molar-refractivity contribution in [3.05, 3.63) is 89.7 Å². The minimum absolute atomic E-state index is 0.0332. The van der Waals surface area contributed by atoms with Crippen LogP contribution in [0, 0.1) is 5.82 Å². The van der Waals surface area contributed by atoms with Gasteiger partial charge in [-0.3, -0.25) is 9.59 Å². The molecule has 0 N–H and O–H groups in total. The quantitative estimate of drug-likeness (QED) is 0.393. The maximum absolute atomic E-state index is 13.5. The third-order valence-electron chi connectivity index (χ3n) is 6.09. The van der Waals surface area contributed by atoms with Crippen molar-refractivity contribution in [2.45, 2.75) is 6.92 Å².